The second kappa shape index (κ2) is 3.47. The molecule has 0 saturated carbocycles. The van der Waals surface area contributed by atoms with E-state index >= 15 is 0 Å². The van der Waals surface area contributed by atoms with E-state index in [1.807, 2.05) is 0 Å². The molecule has 0 aromatic carbocycles. The molecule has 0 bridgehead atoms. The van der Waals surface area contributed by atoms with Crippen LogP contribution in [0.1, 0.15) is 25.7 Å². The van der Waals surface area contributed by atoms with E-state index in [4.69, 9.17) is 5.11 Å². The molecular formula is C8H11F3O. The van der Waals surface area contributed by atoms with Gasteiger partial charge in [0.1, 0.15) is 0 Å². The molecule has 70 valence electrons. The Bertz CT molecular complexity index is 183. The smallest absolute Gasteiger partial charge is 0.383 e. The van der Waals surface area contributed by atoms with Gasteiger partial charge in [-0.1, -0.05) is 11.6 Å². The first-order chi connectivity index (χ1) is 5.50. The number of hydrogen-bond acceptors (Lipinski definition) is 1. The fraction of sp³-hybridized carbons (Fsp3) is 0.750. The van der Waals surface area contributed by atoms with E-state index in [1.54, 1.807) is 6.08 Å². The van der Waals surface area contributed by atoms with Crippen LogP contribution in [0, 0.1) is 0 Å². The van der Waals surface area contributed by atoms with Crippen molar-refractivity contribution in [1.29, 1.82) is 0 Å². The summed E-state index contributed by atoms with van der Waals surface area (Å²) in [6.07, 6.45) is -2.64. The predicted octanol–water partition coefficient (Wildman–Crippen LogP) is 2.41. The van der Waals surface area contributed by atoms with Gasteiger partial charge in [-0.2, -0.15) is 13.2 Å². The minimum absolute atomic E-state index is 0.247. The summed E-state index contributed by atoms with van der Waals surface area (Å²) in [4.78, 5) is 0. The number of hydrogen-bond donors (Lipinski definition) is 1. The summed E-state index contributed by atoms with van der Waals surface area (Å²) >= 11 is 0. The van der Waals surface area contributed by atoms with Crippen molar-refractivity contribution in [3.05, 3.63) is 11.6 Å². The molecule has 0 spiro atoms. The van der Waals surface area contributed by atoms with Crippen LogP contribution in [0.15, 0.2) is 11.6 Å². The highest BCUT2D eigenvalue weighted by Gasteiger charge is 2.38. The number of allylic oxidation sites excluding steroid dienone is 1. The van der Waals surface area contributed by atoms with Crippen LogP contribution < -0.4 is 0 Å². The lowest BCUT2D eigenvalue weighted by Crippen LogP contribution is -2.28. The second-order valence-corrected chi connectivity index (χ2v) is 3.02. The van der Waals surface area contributed by atoms with Gasteiger partial charge < -0.3 is 5.11 Å². The van der Waals surface area contributed by atoms with E-state index in [-0.39, 0.29) is 6.42 Å². The third-order valence-corrected chi connectivity index (χ3v) is 1.97. The Hall–Kier alpha value is -0.510. The van der Waals surface area contributed by atoms with Crippen molar-refractivity contribution in [2.45, 2.75) is 38.0 Å². The standard InChI is InChI=1S/C8H11F3O/c9-8(10,11)7(12)5-6-3-1-2-4-6/h3,7,12H,1-2,4-5H2/t7-/m1/s1. The molecule has 1 aliphatic rings. The van der Waals surface area contributed by atoms with Gasteiger partial charge >= 0.3 is 6.18 Å². The quantitative estimate of drug-likeness (QED) is 0.647. The minimum atomic E-state index is -4.47. The van der Waals surface area contributed by atoms with Crippen molar-refractivity contribution in [3.8, 4) is 0 Å². The molecule has 12 heavy (non-hydrogen) atoms. The molecule has 0 aromatic heterocycles. The van der Waals surface area contributed by atoms with E-state index in [0.717, 1.165) is 18.4 Å². The number of aliphatic hydroxyl groups excluding tert-OH is 1. The van der Waals surface area contributed by atoms with Crippen LogP contribution in [0.5, 0.6) is 0 Å². The second-order valence-electron chi connectivity index (χ2n) is 3.02. The molecule has 0 radical (unpaired) electrons. The van der Waals surface area contributed by atoms with Gasteiger partial charge in [0.05, 0.1) is 0 Å². The molecule has 0 aliphatic heterocycles. The van der Waals surface area contributed by atoms with E-state index in [1.165, 1.54) is 0 Å². The number of alkyl halides is 3. The average molecular weight is 180 g/mol. The highest BCUT2D eigenvalue weighted by Crippen LogP contribution is 2.29. The highest BCUT2D eigenvalue weighted by atomic mass is 19.4. The topological polar surface area (TPSA) is 20.2 Å². The molecule has 1 nitrogen and oxygen atoms in total. The van der Waals surface area contributed by atoms with Gasteiger partial charge in [0.2, 0.25) is 0 Å². The molecule has 1 rings (SSSR count). The van der Waals surface area contributed by atoms with Gasteiger partial charge in [-0.3, -0.25) is 0 Å². The lowest BCUT2D eigenvalue weighted by molar-refractivity contribution is -0.203. The monoisotopic (exact) mass is 180 g/mol. The Morgan fingerprint density at radius 3 is 2.58 bits per heavy atom. The zero-order valence-electron chi connectivity index (χ0n) is 6.56. The van der Waals surface area contributed by atoms with E-state index in [2.05, 4.69) is 0 Å². The highest BCUT2D eigenvalue weighted by molar-refractivity contribution is 5.08. The zero-order valence-corrected chi connectivity index (χ0v) is 6.56. The van der Waals surface area contributed by atoms with Gasteiger partial charge in [-0.25, -0.2) is 0 Å². The Morgan fingerprint density at radius 2 is 2.17 bits per heavy atom. The van der Waals surface area contributed by atoms with Crippen molar-refractivity contribution in [3.63, 3.8) is 0 Å². The first-order valence-corrected chi connectivity index (χ1v) is 3.93. The van der Waals surface area contributed by atoms with Crippen LogP contribution in [0.2, 0.25) is 0 Å². The molecule has 1 aliphatic carbocycles. The van der Waals surface area contributed by atoms with Crippen molar-refractivity contribution < 1.29 is 18.3 Å². The van der Waals surface area contributed by atoms with Crippen molar-refractivity contribution in [1.82, 2.24) is 0 Å². The molecule has 0 unspecified atom stereocenters. The first kappa shape index (κ1) is 9.58. The minimum Gasteiger partial charge on any atom is -0.383 e. The van der Waals surface area contributed by atoms with Crippen LogP contribution in [0.3, 0.4) is 0 Å². The maximum absolute atomic E-state index is 11.8. The average Bonchev–Trinajstić information content (AvgIpc) is 2.37. The molecular weight excluding hydrogens is 169 g/mol. The summed E-state index contributed by atoms with van der Waals surface area (Å²) in [7, 11) is 0. The Morgan fingerprint density at radius 1 is 1.50 bits per heavy atom. The SMILES string of the molecule is O[C@H](CC1=CCCC1)C(F)(F)F. The predicted molar refractivity (Wildman–Crippen MR) is 38.6 cm³/mol. The summed E-state index contributed by atoms with van der Waals surface area (Å²) in [6, 6.07) is 0. The van der Waals surface area contributed by atoms with Crippen LogP contribution in [-0.2, 0) is 0 Å². The molecule has 0 aromatic rings. The fourth-order valence-electron chi connectivity index (χ4n) is 1.29. The van der Waals surface area contributed by atoms with E-state index < -0.39 is 12.3 Å². The largest absolute Gasteiger partial charge is 0.414 e. The molecule has 0 heterocycles. The van der Waals surface area contributed by atoms with E-state index in [9.17, 15) is 13.2 Å². The van der Waals surface area contributed by atoms with Gasteiger partial charge in [0.25, 0.3) is 0 Å². The molecule has 0 saturated heterocycles. The summed E-state index contributed by atoms with van der Waals surface area (Å²) in [5.74, 6) is 0. The Kier molecular flexibility index (Phi) is 2.77. The van der Waals surface area contributed by atoms with Gasteiger partial charge in [-0.05, 0) is 19.3 Å². The Balaban J connectivity index is 2.40. The fourth-order valence-corrected chi connectivity index (χ4v) is 1.29. The van der Waals surface area contributed by atoms with Crippen molar-refractivity contribution in [2.75, 3.05) is 0 Å². The van der Waals surface area contributed by atoms with Crippen LogP contribution in [0.4, 0.5) is 13.2 Å². The number of rotatable bonds is 2. The first-order valence-electron chi connectivity index (χ1n) is 3.93. The van der Waals surface area contributed by atoms with E-state index in [0.29, 0.717) is 6.42 Å². The molecule has 1 atom stereocenters. The Labute approximate surface area is 68.9 Å². The molecule has 0 fully saturated rings. The van der Waals surface area contributed by atoms with Crippen LogP contribution in [-0.4, -0.2) is 17.4 Å². The summed E-state index contributed by atoms with van der Waals surface area (Å²) < 4.78 is 35.5. The maximum atomic E-state index is 11.8. The van der Waals surface area contributed by atoms with Crippen LogP contribution >= 0.6 is 0 Å². The van der Waals surface area contributed by atoms with Crippen molar-refractivity contribution >= 4 is 0 Å². The number of aliphatic hydroxyl groups is 1. The summed E-state index contributed by atoms with van der Waals surface area (Å²) in [5.41, 5.74) is 0.736. The summed E-state index contributed by atoms with van der Waals surface area (Å²) in [5, 5.41) is 8.68. The van der Waals surface area contributed by atoms with Gasteiger partial charge in [0, 0.05) is 6.42 Å². The van der Waals surface area contributed by atoms with Crippen LogP contribution in [0.25, 0.3) is 0 Å². The lowest BCUT2D eigenvalue weighted by Gasteiger charge is -2.14. The summed E-state index contributed by atoms with van der Waals surface area (Å²) in [6.45, 7) is 0. The van der Waals surface area contributed by atoms with Crippen molar-refractivity contribution in [2.24, 2.45) is 0 Å². The van der Waals surface area contributed by atoms with Gasteiger partial charge in [0.15, 0.2) is 6.10 Å². The normalized spacial score (nSPS) is 20.8. The maximum Gasteiger partial charge on any atom is 0.414 e. The van der Waals surface area contributed by atoms with Gasteiger partial charge in [-0.15, -0.1) is 0 Å². The number of halogens is 3. The molecule has 1 N–H and O–H groups in total. The molecule has 0 amide bonds. The third kappa shape index (κ3) is 2.52. The lowest BCUT2D eigenvalue weighted by atomic mass is 10.1. The third-order valence-electron chi connectivity index (χ3n) is 1.97. The zero-order chi connectivity index (χ0) is 9.19. The molecule has 4 heteroatoms.